The number of hydrogen-bond donors (Lipinski definition) is 0. The van der Waals surface area contributed by atoms with Gasteiger partial charge in [-0.05, 0) is 12.1 Å². The molecule has 0 aromatic heterocycles. The van der Waals surface area contributed by atoms with Crippen molar-refractivity contribution < 1.29 is 37.0 Å². The summed E-state index contributed by atoms with van der Waals surface area (Å²) < 4.78 is 51.8. The first-order valence-corrected chi connectivity index (χ1v) is 6.39. The van der Waals surface area contributed by atoms with E-state index in [1.165, 1.54) is 12.1 Å². The van der Waals surface area contributed by atoms with Gasteiger partial charge in [0, 0.05) is 0 Å². The van der Waals surface area contributed by atoms with Crippen LogP contribution in [0.1, 0.15) is 19.4 Å². The lowest BCUT2D eigenvalue weighted by Gasteiger charge is -2.12. The monoisotopic (exact) mass is 320 g/mol. The molecular formula is C14H15F3O5. The molecule has 0 N–H and O–H groups in total. The predicted molar refractivity (Wildman–Crippen MR) is 69.2 cm³/mol. The van der Waals surface area contributed by atoms with Crippen LogP contribution < -0.4 is 4.74 Å². The van der Waals surface area contributed by atoms with Crippen LogP contribution in [-0.4, -0.2) is 25.3 Å². The van der Waals surface area contributed by atoms with Gasteiger partial charge in [0.1, 0.15) is 19.0 Å². The van der Waals surface area contributed by atoms with Crippen molar-refractivity contribution in [1.29, 1.82) is 0 Å². The highest BCUT2D eigenvalue weighted by molar-refractivity contribution is 5.71. The Hall–Kier alpha value is -2.25. The number of para-hydroxylation sites is 1. The molecule has 0 saturated heterocycles. The van der Waals surface area contributed by atoms with Gasteiger partial charge in [-0.3, -0.25) is 4.79 Å². The molecule has 5 nitrogen and oxygen atoms in total. The Morgan fingerprint density at radius 3 is 2.27 bits per heavy atom. The second kappa shape index (κ2) is 7.67. The fourth-order valence-electron chi connectivity index (χ4n) is 1.34. The highest BCUT2D eigenvalue weighted by atomic mass is 19.4. The molecule has 0 unspecified atom stereocenters. The van der Waals surface area contributed by atoms with Crippen LogP contribution in [0.5, 0.6) is 5.75 Å². The minimum Gasteiger partial charge on any atom is -0.462 e. The quantitative estimate of drug-likeness (QED) is 0.472. The lowest BCUT2D eigenvalue weighted by atomic mass is 10.2. The van der Waals surface area contributed by atoms with Crippen LogP contribution >= 0.6 is 0 Å². The summed E-state index contributed by atoms with van der Waals surface area (Å²) in [5.74, 6) is -1.45. The summed E-state index contributed by atoms with van der Waals surface area (Å²) in [6.07, 6.45) is -5.96. The van der Waals surface area contributed by atoms with E-state index in [0.717, 1.165) is 12.1 Å². The molecule has 0 amide bonds. The van der Waals surface area contributed by atoms with Gasteiger partial charge in [0.15, 0.2) is 0 Å². The van der Waals surface area contributed by atoms with E-state index < -0.39 is 29.6 Å². The Morgan fingerprint density at radius 1 is 1.09 bits per heavy atom. The summed E-state index contributed by atoms with van der Waals surface area (Å²) in [5, 5.41) is 0. The van der Waals surface area contributed by atoms with Crippen LogP contribution in [0.15, 0.2) is 24.3 Å². The fourth-order valence-corrected chi connectivity index (χ4v) is 1.34. The Labute approximate surface area is 125 Å². The second-order valence-corrected chi connectivity index (χ2v) is 4.52. The largest absolute Gasteiger partial charge is 0.513 e. The Balaban J connectivity index is 2.48. The molecule has 0 spiro atoms. The fraction of sp³-hybridized carbons (Fsp3) is 0.429. The minimum atomic E-state index is -4.65. The van der Waals surface area contributed by atoms with Crippen molar-refractivity contribution in [3.63, 3.8) is 0 Å². The van der Waals surface area contributed by atoms with Crippen molar-refractivity contribution in [2.45, 2.75) is 20.0 Å². The van der Waals surface area contributed by atoms with E-state index in [2.05, 4.69) is 9.47 Å². The zero-order valence-corrected chi connectivity index (χ0v) is 12.0. The molecule has 0 aliphatic rings. The molecule has 8 heteroatoms. The standard InChI is InChI=1S/C14H15F3O5/c1-9(2)12(18)20-7-8-21-13(19)22-11-6-4-3-5-10(11)14(15,16)17/h3-6,9H,7-8H2,1-2H3. The van der Waals surface area contributed by atoms with Crippen LogP contribution in [-0.2, 0) is 20.4 Å². The molecule has 122 valence electrons. The molecule has 1 aromatic rings. The molecule has 0 heterocycles. The summed E-state index contributed by atoms with van der Waals surface area (Å²) >= 11 is 0. The lowest BCUT2D eigenvalue weighted by molar-refractivity contribution is -0.148. The number of ether oxygens (including phenoxy) is 3. The van der Waals surface area contributed by atoms with Gasteiger partial charge < -0.3 is 14.2 Å². The van der Waals surface area contributed by atoms with Crippen molar-refractivity contribution in [3.8, 4) is 5.75 Å². The molecule has 0 aliphatic heterocycles. The van der Waals surface area contributed by atoms with Gasteiger partial charge in [-0.15, -0.1) is 0 Å². The highest BCUT2D eigenvalue weighted by Gasteiger charge is 2.34. The van der Waals surface area contributed by atoms with E-state index in [0.29, 0.717) is 0 Å². The molecule has 0 saturated carbocycles. The summed E-state index contributed by atoms with van der Waals surface area (Å²) in [4.78, 5) is 22.4. The molecule has 0 radical (unpaired) electrons. The Bertz CT molecular complexity index is 525. The third-order valence-electron chi connectivity index (χ3n) is 2.40. The minimum absolute atomic E-state index is 0.201. The van der Waals surface area contributed by atoms with Crippen molar-refractivity contribution in [2.75, 3.05) is 13.2 Å². The molecule has 1 aromatic carbocycles. The van der Waals surface area contributed by atoms with Crippen LogP contribution in [0.2, 0.25) is 0 Å². The maximum Gasteiger partial charge on any atom is 0.513 e. The molecule has 0 fully saturated rings. The van der Waals surface area contributed by atoms with Crippen molar-refractivity contribution in [1.82, 2.24) is 0 Å². The summed E-state index contributed by atoms with van der Waals surface area (Å²) in [5.41, 5.74) is -1.09. The smallest absolute Gasteiger partial charge is 0.462 e. The number of halogens is 3. The van der Waals surface area contributed by atoms with Crippen molar-refractivity contribution in [3.05, 3.63) is 29.8 Å². The third-order valence-corrected chi connectivity index (χ3v) is 2.40. The molecular weight excluding hydrogens is 305 g/mol. The number of carbonyl (C=O) groups excluding carboxylic acids is 2. The van der Waals surface area contributed by atoms with Gasteiger partial charge >= 0.3 is 18.3 Å². The summed E-state index contributed by atoms with van der Waals surface area (Å²) in [6.45, 7) is 2.75. The predicted octanol–water partition coefficient (Wildman–Crippen LogP) is 3.42. The van der Waals surface area contributed by atoms with Crippen molar-refractivity contribution >= 4 is 12.1 Å². The van der Waals surface area contributed by atoms with Gasteiger partial charge in [0.05, 0.1) is 11.5 Å². The van der Waals surface area contributed by atoms with E-state index in [4.69, 9.17) is 4.74 Å². The van der Waals surface area contributed by atoms with Gasteiger partial charge in [-0.25, -0.2) is 4.79 Å². The number of benzene rings is 1. The van der Waals surface area contributed by atoms with E-state index in [1.807, 2.05) is 0 Å². The van der Waals surface area contributed by atoms with E-state index in [9.17, 15) is 22.8 Å². The van der Waals surface area contributed by atoms with E-state index >= 15 is 0 Å². The maximum absolute atomic E-state index is 12.7. The first kappa shape index (κ1) is 17.8. The van der Waals surface area contributed by atoms with Crippen LogP contribution in [0.3, 0.4) is 0 Å². The van der Waals surface area contributed by atoms with Gasteiger partial charge in [0.2, 0.25) is 0 Å². The average Bonchev–Trinajstić information content (AvgIpc) is 2.42. The summed E-state index contributed by atoms with van der Waals surface area (Å²) in [7, 11) is 0. The van der Waals surface area contributed by atoms with Crippen LogP contribution in [0.25, 0.3) is 0 Å². The highest BCUT2D eigenvalue weighted by Crippen LogP contribution is 2.35. The maximum atomic E-state index is 12.7. The number of alkyl halides is 3. The zero-order valence-electron chi connectivity index (χ0n) is 12.0. The summed E-state index contributed by atoms with van der Waals surface area (Å²) in [6, 6.07) is 4.25. The molecule has 1 rings (SSSR count). The van der Waals surface area contributed by atoms with Crippen LogP contribution in [0.4, 0.5) is 18.0 Å². The SMILES string of the molecule is CC(C)C(=O)OCCOC(=O)Oc1ccccc1C(F)(F)F. The Morgan fingerprint density at radius 2 is 1.68 bits per heavy atom. The number of hydrogen-bond acceptors (Lipinski definition) is 5. The lowest BCUT2D eigenvalue weighted by Crippen LogP contribution is -2.19. The Kier molecular flexibility index (Phi) is 6.21. The molecule has 0 bridgehead atoms. The molecule has 22 heavy (non-hydrogen) atoms. The zero-order chi connectivity index (χ0) is 16.8. The molecule has 0 atom stereocenters. The normalized spacial score (nSPS) is 11.2. The van der Waals surface area contributed by atoms with Gasteiger partial charge in [0.25, 0.3) is 0 Å². The number of esters is 1. The average molecular weight is 320 g/mol. The van der Waals surface area contributed by atoms with E-state index in [-0.39, 0.29) is 19.1 Å². The molecule has 0 aliphatic carbocycles. The van der Waals surface area contributed by atoms with Gasteiger partial charge in [-0.1, -0.05) is 26.0 Å². The van der Waals surface area contributed by atoms with Gasteiger partial charge in [-0.2, -0.15) is 13.2 Å². The number of rotatable bonds is 5. The first-order chi connectivity index (χ1) is 10.2. The number of carbonyl (C=O) groups is 2. The second-order valence-electron chi connectivity index (χ2n) is 4.52. The van der Waals surface area contributed by atoms with Crippen molar-refractivity contribution in [2.24, 2.45) is 5.92 Å². The topological polar surface area (TPSA) is 61.8 Å². The third kappa shape index (κ3) is 5.63. The van der Waals surface area contributed by atoms with E-state index in [1.54, 1.807) is 13.8 Å². The first-order valence-electron chi connectivity index (χ1n) is 6.39. The van der Waals surface area contributed by atoms with Crippen LogP contribution in [0, 0.1) is 5.92 Å².